The minimum Gasteiger partial charge on any atom is -0.481 e. The second-order valence-electron chi connectivity index (χ2n) is 7.11. The van der Waals surface area contributed by atoms with Crippen LogP contribution in [0, 0.1) is 11.8 Å². The number of hydrogen-bond acceptors (Lipinski definition) is 4. The molecule has 1 aromatic carbocycles. The zero-order valence-corrected chi connectivity index (χ0v) is 16.2. The maximum absolute atomic E-state index is 12.2. The van der Waals surface area contributed by atoms with Gasteiger partial charge in [-0.3, -0.25) is 14.4 Å². The standard InChI is InChI=1S/C20H28N2O6/c1-13(2)10-15(12-18(24)25)19(26)21-9-8-17(23)22-16(20(27)28)11-14-6-4-3-5-7-14/h3-7,13,15-16H,8-12H2,1-2H3,(H,21,26)(H,22,23)(H,24,25)(H,27,28)/t15?,16-/m0/s1. The highest BCUT2D eigenvalue weighted by Crippen LogP contribution is 2.15. The van der Waals surface area contributed by atoms with E-state index in [1.54, 1.807) is 24.3 Å². The lowest BCUT2D eigenvalue weighted by atomic mass is 9.93. The van der Waals surface area contributed by atoms with Crippen molar-refractivity contribution in [2.75, 3.05) is 6.54 Å². The van der Waals surface area contributed by atoms with Crippen LogP contribution >= 0.6 is 0 Å². The number of amides is 2. The van der Waals surface area contributed by atoms with Gasteiger partial charge in [0.1, 0.15) is 6.04 Å². The number of nitrogens with one attached hydrogen (secondary N) is 2. The Labute approximate surface area is 164 Å². The van der Waals surface area contributed by atoms with Gasteiger partial charge < -0.3 is 20.8 Å². The van der Waals surface area contributed by atoms with Gasteiger partial charge in [0.2, 0.25) is 11.8 Å². The smallest absolute Gasteiger partial charge is 0.326 e. The van der Waals surface area contributed by atoms with Crippen LogP contribution in [0.1, 0.15) is 38.7 Å². The number of aliphatic carboxylic acids is 2. The van der Waals surface area contributed by atoms with Crippen molar-refractivity contribution in [3.8, 4) is 0 Å². The molecule has 0 aliphatic carbocycles. The van der Waals surface area contributed by atoms with Gasteiger partial charge in [-0.2, -0.15) is 0 Å². The molecule has 8 heteroatoms. The maximum Gasteiger partial charge on any atom is 0.326 e. The Morgan fingerprint density at radius 1 is 1.04 bits per heavy atom. The van der Waals surface area contributed by atoms with Crippen molar-refractivity contribution in [2.45, 2.75) is 45.6 Å². The van der Waals surface area contributed by atoms with E-state index in [1.165, 1.54) is 0 Å². The number of carbonyl (C=O) groups is 4. The van der Waals surface area contributed by atoms with Crippen LogP contribution in [0.25, 0.3) is 0 Å². The van der Waals surface area contributed by atoms with Crippen LogP contribution in [-0.4, -0.2) is 46.6 Å². The summed E-state index contributed by atoms with van der Waals surface area (Å²) < 4.78 is 0. The first kappa shape index (κ1) is 23.1. The number of benzene rings is 1. The van der Waals surface area contributed by atoms with Crippen molar-refractivity contribution in [2.24, 2.45) is 11.8 Å². The van der Waals surface area contributed by atoms with Gasteiger partial charge in [-0.25, -0.2) is 4.79 Å². The summed E-state index contributed by atoms with van der Waals surface area (Å²) in [6.07, 6.45) is 0.228. The van der Waals surface area contributed by atoms with E-state index in [0.717, 1.165) is 5.56 Å². The fourth-order valence-electron chi connectivity index (χ4n) is 2.82. The van der Waals surface area contributed by atoms with Crippen molar-refractivity contribution in [3.05, 3.63) is 35.9 Å². The van der Waals surface area contributed by atoms with Crippen molar-refractivity contribution >= 4 is 23.8 Å². The van der Waals surface area contributed by atoms with Gasteiger partial charge in [0.15, 0.2) is 0 Å². The minimum absolute atomic E-state index is 0.0105. The molecule has 8 nitrogen and oxygen atoms in total. The van der Waals surface area contributed by atoms with Crippen LogP contribution < -0.4 is 10.6 Å². The quantitative estimate of drug-likeness (QED) is 0.425. The molecule has 0 aromatic heterocycles. The molecule has 0 aliphatic rings. The van der Waals surface area contributed by atoms with Crippen LogP contribution in [0.5, 0.6) is 0 Å². The van der Waals surface area contributed by atoms with Gasteiger partial charge in [0, 0.05) is 25.3 Å². The number of hydrogen-bond donors (Lipinski definition) is 4. The fourth-order valence-corrected chi connectivity index (χ4v) is 2.82. The highest BCUT2D eigenvalue weighted by atomic mass is 16.4. The highest BCUT2D eigenvalue weighted by Gasteiger charge is 2.23. The third-order valence-electron chi connectivity index (χ3n) is 4.11. The second kappa shape index (κ2) is 11.7. The molecule has 0 aliphatic heterocycles. The lowest BCUT2D eigenvalue weighted by Crippen LogP contribution is -2.43. The Morgan fingerprint density at radius 3 is 2.21 bits per heavy atom. The van der Waals surface area contributed by atoms with Gasteiger partial charge in [-0.15, -0.1) is 0 Å². The Hall–Kier alpha value is -2.90. The summed E-state index contributed by atoms with van der Waals surface area (Å²) in [6, 6.07) is 7.88. The van der Waals surface area contributed by atoms with Gasteiger partial charge in [0.05, 0.1) is 6.42 Å². The molecular weight excluding hydrogens is 364 g/mol. The predicted octanol–water partition coefficient (Wildman–Crippen LogP) is 1.44. The summed E-state index contributed by atoms with van der Waals surface area (Å²) in [5.41, 5.74) is 0.786. The molecule has 2 atom stereocenters. The Morgan fingerprint density at radius 2 is 1.68 bits per heavy atom. The molecule has 1 unspecified atom stereocenters. The number of rotatable bonds is 12. The zero-order chi connectivity index (χ0) is 21.1. The van der Waals surface area contributed by atoms with Gasteiger partial charge in [-0.05, 0) is 17.9 Å². The van der Waals surface area contributed by atoms with E-state index in [9.17, 15) is 24.3 Å². The largest absolute Gasteiger partial charge is 0.481 e. The van der Waals surface area contributed by atoms with E-state index in [1.807, 2.05) is 19.9 Å². The molecule has 154 valence electrons. The Bertz CT molecular complexity index is 675. The predicted molar refractivity (Wildman–Crippen MR) is 103 cm³/mol. The lowest BCUT2D eigenvalue weighted by Gasteiger charge is -2.17. The topological polar surface area (TPSA) is 133 Å². The van der Waals surface area contributed by atoms with Crippen LogP contribution in [0.3, 0.4) is 0 Å². The molecule has 2 amide bonds. The van der Waals surface area contributed by atoms with Gasteiger partial charge in [-0.1, -0.05) is 44.2 Å². The second-order valence-corrected chi connectivity index (χ2v) is 7.11. The average molecular weight is 392 g/mol. The summed E-state index contributed by atoms with van der Waals surface area (Å²) >= 11 is 0. The number of carbonyl (C=O) groups excluding carboxylic acids is 2. The first-order valence-corrected chi connectivity index (χ1v) is 9.24. The monoisotopic (exact) mass is 392 g/mol. The first-order valence-electron chi connectivity index (χ1n) is 9.24. The summed E-state index contributed by atoms with van der Waals surface area (Å²) in [5.74, 6) is -3.60. The summed E-state index contributed by atoms with van der Waals surface area (Å²) in [6.45, 7) is 3.80. The lowest BCUT2D eigenvalue weighted by molar-refractivity contribution is -0.141. The first-order chi connectivity index (χ1) is 13.2. The summed E-state index contributed by atoms with van der Waals surface area (Å²) in [7, 11) is 0. The zero-order valence-electron chi connectivity index (χ0n) is 16.2. The molecule has 1 rings (SSSR count). The van der Waals surface area contributed by atoms with Crippen LogP contribution in [0.15, 0.2) is 30.3 Å². The number of carboxylic acid groups (broad SMARTS) is 2. The third-order valence-corrected chi connectivity index (χ3v) is 4.11. The Balaban J connectivity index is 2.49. The molecule has 0 radical (unpaired) electrons. The van der Waals surface area contributed by atoms with Gasteiger partial charge in [0.25, 0.3) is 0 Å². The molecule has 0 saturated carbocycles. The minimum atomic E-state index is -1.14. The van der Waals surface area contributed by atoms with E-state index in [2.05, 4.69) is 10.6 Å². The highest BCUT2D eigenvalue weighted by molar-refractivity contribution is 5.85. The summed E-state index contributed by atoms with van der Waals surface area (Å²) in [5, 5.41) is 23.2. The molecule has 0 saturated heterocycles. The SMILES string of the molecule is CC(C)CC(CC(=O)O)C(=O)NCCC(=O)N[C@@H](Cc1ccccc1)C(=O)O. The van der Waals surface area contributed by atoms with Crippen molar-refractivity contribution < 1.29 is 29.4 Å². The molecule has 0 spiro atoms. The summed E-state index contributed by atoms with van der Waals surface area (Å²) in [4.78, 5) is 46.5. The normalized spacial score (nSPS) is 12.8. The van der Waals surface area contributed by atoms with E-state index >= 15 is 0 Å². The van der Waals surface area contributed by atoms with E-state index in [0.29, 0.717) is 6.42 Å². The van der Waals surface area contributed by atoms with E-state index in [-0.39, 0.29) is 31.7 Å². The molecule has 28 heavy (non-hydrogen) atoms. The Kier molecular flexibility index (Phi) is 9.70. The molecule has 4 N–H and O–H groups in total. The molecular formula is C20H28N2O6. The molecule has 1 aromatic rings. The van der Waals surface area contributed by atoms with Crippen molar-refractivity contribution in [1.29, 1.82) is 0 Å². The molecule has 0 heterocycles. The van der Waals surface area contributed by atoms with Crippen molar-refractivity contribution in [3.63, 3.8) is 0 Å². The maximum atomic E-state index is 12.2. The van der Waals surface area contributed by atoms with Crippen LogP contribution in [0.4, 0.5) is 0 Å². The van der Waals surface area contributed by atoms with Crippen LogP contribution in [-0.2, 0) is 25.6 Å². The van der Waals surface area contributed by atoms with Gasteiger partial charge >= 0.3 is 11.9 Å². The number of carboxylic acids is 2. The van der Waals surface area contributed by atoms with Crippen molar-refractivity contribution in [1.82, 2.24) is 10.6 Å². The molecule has 0 fully saturated rings. The molecule has 0 bridgehead atoms. The van der Waals surface area contributed by atoms with E-state index < -0.39 is 35.7 Å². The average Bonchev–Trinajstić information content (AvgIpc) is 2.60. The van der Waals surface area contributed by atoms with E-state index in [4.69, 9.17) is 5.11 Å². The third kappa shape index (κ3) is 9.16. The van der Waals surface area contributed by atoms with Crippen LogP contribution in [0.2, 0.25) is 0 Å². The fraction of sp³-hybridized carbons (Fsp3) is 0.500.